The Balaban J connectivity index is 1.95. The zero-order valence-electron chi connectivity index (χ0n) is 12.7. The van der Waals surface area contributed by atoms with E-state index in [4.69, 9.17) is 0 Å². The van der Waals surface area contributed by atoms with Crippen molar-refractivity contribution in [3.63, 3.8) is 0 Å². The van der Waals surface area contributed by atoms with Gasteiger partial charge in [-0.3, -0.25) is 4.79 Å². The molecule has 0 radical (unpaired) electrons. The Labute approximate surface area is 138 Å². The fourth-order valence-electron chi connectivity index (χ4n) is 2.80. The first-order chi connectivity index (χ1) is 11.7. The van der Waals surface area contributed by atoms with Gasteiger partial charge in [-0.05, 0) is 35.4 Å². The van der Waals surface area contributed by atoms with Crippen molar-refractivity contribution in [3.05, 3.63) is 83.2 Å². The van der Waals surface area contributed by atoms with Gasteiger partial charge in [0, 0.05) is 5.56 Å². The van der Waals surface area contributed by atoms with Crippen molar-refractivity contribution in [2.75, 3.05) is 0 Å². The van der Waals surface area contributed by atoms with Crippen LogP contribution >= 0.6 is 0 Å². The normalized spacial score (nSPS) is 10.8. The monoisotopic (exact) mass is 314 g/mol. The molecule has 116 valence electrons. The third-order valence-corrected chi connectivity index (χ3v) is 3.97. The summed E-state index contributed by atoms with van der Waals surface area (Å²) in [5, 5.41) is 10.1. The molecule has 0 fully saturated rings. The Hall–Kier alpha value is -3.40. The number of para-hydroxylation sites is 1. The molecule has 24 heavy (non-hydrogen) atoms. The molecule has 4 nitrogen and oxygen atoms in total. The van der Waals surface area contributed by atoms with Gasteiger partial charge in [0.1, 0.15) is 11.6 Å². The third kappa shape index (κ3) is 2.44. The van der Waals surface area contributed by atoms with Gasteiger partial charge < -0.3 is 10.1 Å². The van der Waals surface area contributed by atoms with Crippen molar-refractivity contribution in [1.29, 1.82) is 0 Å². The summed E-state index contributed by atoms with van der Waals surface area (Å²) in [5.74, 6) is 0.746. The molecule has 3 aromatic carbocycles. The predicted molar refractivity (Wildman–Crippen MR) is 94.9 cm³/mol. The summed E-state index contributed by atoms with van der Waals surface area (Å²) >= 11 is 0. The van der Waals surface area contributed by atoms with Gasteiger partial charge in [-0.25, -0.2) is 4.98 Å². The number of aromatic amines is 1. The molecular formula is C20H14N2O2. The van der Waals surface area contributed by atoms with E-state index in [0.717, 1.165) is 16.7 Å². The lowest BCUT2D eigenvalue weighted by molar-refractivity contribution is 0.475. The predicted octanol–water partition coefficient (Wildman–Crippen LogP) is 3.96. The Morgan fingerprint density at radius 1 is 0.792 bits per heavy atom. The van der Waals surface area contributed by atoms with E-state index in [2.05, 4.69) is 9.97 Å². The first-order valence-electron chi connectivity index (χ1n) is 7.60. The molecule has 0 saturated carbocycles. The van der Waals surface area contributed by atoms with Crippen molar-refractivity contribution >= 4 is 10.9 Å². The lowest BCUT2D eigenvalue weighted by atomic mass is 9.99. The molecule has 0 unspecified atom stereocenters. The minimum atomic E-state index is -0.156. The summed E-state index contributed by atoms with van der Waals surface area (Å²) < 4.78 is 0. The smallest absolute Gasteiger partial charge is 0.259 e. The maximum atomic E-state index is 12.3. The molecule has 0 spiro atoms. The van der Waals surface area contributed by atoms with Crippen LogP contribution in [0.15, 0.2) is 77.6 Å². The number of fused-ring (bicyclic) bond motifs is 1. The molecule has 0 aliphatic heterocycles. The number of aromatic hydroxyl groups is 1. The number of rotatable bonds is 2. The van der Waals surface area contributed by atoms with E-state index in [9.17, 15) is 9.90 Å². The van der Waals surface area contributed by atoms with E-state index in [1.807, 2.05) is 54.6 Å². The number of hydrogen-bond donors (Lipinski definition) is 2. The van der Waals surface area contributed by atoms with Crippen LogP contribution in [0.3, 0.4) is 0 Å². The molecule has 0 atom stereocenters. The van der Waals surface area contributed by atoms with E-state index < -0.39 is 0 Å². The van der Waals surface area contributed by atoms with Crippen molar-refractivity contribution in [2.24, 2.45) is 0 Å². The highest BCUT2D eigenvalue weighted by Crippen LogP contribution is 2.31. The maximum absolute atomic E-state index is 12.3. The summed E-state index contributed by atoms with van der Waals surface area (Å²) in [7, 11) is 0. The molecule has 0 saturated heterocycles. The van der Waals surface area contributed by atoms with Gasteiger partial charge in [-0.1, -0.05) is 48.5 Å². The largest absolute Gasteiger partial charge is 0.508 e. The SMILES string of the molecule is O=c1[nH]c(-c2ccccc2-c2ccc(O)cc2)nc2ccccc12. The Morgan fingerprint density at radius 2 is 1.46 bits per heavy atom. The summed E-state index contributed by atoms with van der Waals surface area (Å²) in [6, 6.07) is 22.0. The Morgan fingerprint density at radius 3 is 2.25 bits per heavy atom. The van der Waals surface area contributed by atoms with Crippen LogP contribution in [-0.4, -0.2) is 15.1 Å². The van der Waals surface area contributed by atoms with E-state index in [-0.39, 0.29) is 11.3 Å². The Kier molecular flexibility index (Phi) is 3.35. The maximum Gasteiger partial charge on any atom is 0.259 e. The fourth-order valence-corrected chi connectivity index (χ4v) is 2.80. The van der Waals surface area contributed by atoms with Gasteiger partial charge in [-0.2, -0.15) is 0 Å². The Bertz CT molecular complexity index is 1080. The van der Waals surface area contributed by atoms with Crippen LogP contribution in [0.4, 0.5) is 0 Å². The minimum absolute atomic E-state index is 0.156. The number of phenolic OH excluding ortho intramolecular Hbond substituents is 1. The number of hydrogen-bond acceptors (Lipinski definition) is 3. The lowest BCUT2D eigenvalue weighted by Crippen LogP contribution is -2.09. The van der Waals surface area contributed by atoms with Crippen molar-refractivity contribution in [3.8, 4) is 28.3 Å². The highest BCUT2D eigenvalue weighted by molar-refractivity contribution is 5.84. The van der Waals surface area contributed by atoms with Crippen LogP contribution in [-0.2, 0) is 0 Å². The molecule has 0 aliphatic rings. The molecule has 1 aromatic heterocycles. The van der Waals surface area contributed by atoms with Crippen LogP contribution in [0.1, 0.15) is 0 Å². The second kappa shape index (κ2) is 5.66. The van der Waals surface area contributed by atoms with E-state index >= 15 is 0 Å². The fraction of sp³-hybridized carbons (Fsp3) is 0. The molecule has 4 aromatic rings. The van der Waals surface area contributed by atoms with E-state index in [0.29, 0.717) is 16.7 Å². The molecule has 0 aliphatic carbocycles. The zero-order chi connectivity index (χ0) is 16.5. The first-order valence-corrected chi connectivity index (χ1v) is 7.60. The number of phenols is 1. The topological polar surface area (TPSA) is 66.0 Å². The van der Waals surface area contributed by atoms with Crippen molar-refractivity contribution in [2.45, 2.75) is 0 Å². The molecular weight excluding hydrogens is 300 g/mol. The average molecular weight is 314 g/mol. The summed E-state index contributed by atoms with van der Waals surface area (Å²) in [6.07, 6.45) is 0. The van der Waals surface area contributed by atoms with E-state index in [1.165, 1.54) is 0 Å². The van der Waals surface area contributed by atoms with Crippen molar-refractivity contribution in [1.82, 2.24) is 9.97 Å². The molecule has 4 heteroatoms. The number of benzene rings is 3. The van der Waals surface area contributed by atoms with Crippen LogP contribution in [0.25, 0.3) is 33.4 Å². The second-order valence-electron chi connectivity index (χ2n) is 5.52. The van der Waals surface area contributed by atoms with Crippen LogP contribution in [0.2, 0.25) is 0 Å². The van der Waals surface area contributed by atoms with E-state index in [1.54, 1.807) is 18.2 Å². The summed E-state index contributed by atoms with van der Waals surface area (Å²) in [5.41, 5.74) is 3.23. The number of H-pyrrole nitrogens is 1. The lowest BCUT2D eigenvalue weighted by Gasteiger charge is -2.10. The van der Waals surface area contributed by atoms with Crippen LogP contribution < -0.4 is 5.56 Å². The van der Waals surface area contributed by atoms with Gasteiger partial charge in [0.05, 0.1) is 10.9 Å². The highest BCUT2D eigenvalue weighted by Gasteiger charge is 2.11. The van der Waals surface area contributed by atoms with Crippen LogP contribution in [0, 0.1) is 0 Å². The number of aromatic nitrogens is 2. The van der Waals surface area contributed by atoms with Crippen molar-refractivity contribution < 1.29 is 5.11 Å². The second-order valence-corrected chi connectivity index (χ2v) is 5.52. The van der Waals surface area contributed by atoms with Gasteiger partial charge in [-0.15, -0.1) is 0 Å². The van der Waals surface area contributed by atoms with Crippen LogP contribution in [0.5, 0.6) is 5.75 Å². The van der Waals surface area contributed by atoms with Gasteiger partial charge in [0.15, 0.2) is 0 Å². The summed E-state index contributed by atoms with van der Waals surface area (Å²) in [6.45, 7) is 0. The number of nitrogens with zero attached hydrogens (tertiary/aromatic N) is 1. The minimum Gasteiger partial charge on any atom is -0.508 e. The standard InChI is InChI=1S/C20H14N2O2/c23-14-11-9-13(10-12-14)15-5-1-2-6-16(15)19-21-18-8-4-3-7-17(18)20(24)22-19/h1-12,23H,(H,21,22,24). The molecule has 4 rings (SSSR count). The molecule has 0 amide bonds. The van der Waals surface area contributed by atoms with Gasteiger partial charge >= 0.3 is 0 Å². The molecule has 0 bridgehead atoms. The number of nitrogens with one attached hydrogen (secondary N) is 1. The van der Waals surface area contributed by atoms with Gasteiger partial charge in [0.25, 0.3) is 5.56 Å². The van der Waals surface area contributed by atoms with Gasteiger partial charge in [0.2, 0.25) is 0 Å². The quantitative estimate of drug-likeness (QED) is 0.588. The molecule has 2 N–H and O–H groups in total. The summed E-state index contributed by atoms with van der Waals surface area (Å²) in [4.78, 5) is 19.8. The first kappa shape index (κ1) is 14.2. The zero-order valence-corrected chi connectivity index (χ0v) is 12.7. The molecule has 1 heterocycles. The highest BCUT2D eigenvalue weighted by atomic mass is 16.3. The third-order valence-electron chi connectivity index (χ3n) is 3.97. The average Bonchev–Trinajstić information content (AvgIpc) is 2.62.